The third-order valence-corrected chi connectivity index (χ3v) is 7.79. The molecule has 3 saturated heterocycles. The summed E-state index contributed by atoms with van der Waals surface area (Å²) in [6.45, 7) is -0.0368. The maximum atomic E-state index is 12.7. The molecule has 0 amide bonds. The van der Waals surface area contributed by atoms with Gasteiger partial charge in [0, 0.05) is 6.42 Å². The normalized spacial score (nSPS) is 43.8. The van der Waals surface area contributed by atoms with Crippen LogP contribution in [0.5, 0.6) is 0 Å². The molecule has 0 bridgehead atoms. The summed E-state index contributed by atoms with van der Waals surface area (Å²) in [4.78, 5) is 12.7. The van der Waals surface area contributed by atoms with Gasteiger partial charge < -0.3 is 79.5 Å². The Balaban J connectivity index is 1.72. The van der Waals surface area contributed by atoms with Crippen LogP contribution in [0, 0.1) is 0 Å². The van der Waals surface area contributed by atoms with Gasteiger partial charge >= 0.3 is 5.97 Å². The monoisotopic (exact) mass is 630 g/mol. The van der Waals surface area contributed by atoms with E-state index >= 15 is 0 Å². The lowest BCUT2D eigenvalue weighted by atomic mass is 9.97. The summed E-state index contributed by atoms with van der Waals surface area (Å²) in [7, 11) is 0. The SMILES string of the molecule is CCCCCCCC(=O)O[C@@H]1O[C@H](CO[C@@H]2O[C@H](CO)[C@@H](O)[C@H](O)[C@H]2O)[C@@H](O)[C@H](O)[C@H]1O[C@@H]1O[C@H](CO)[C@@H](O)[C@H](O)[C@H]1O. The number of hydrogen-bond donors (Lipinski definition) is 10. The lowest BCUT2D eigenvalue weighted by Gasteiger charge is -2.46. The summed E-state index contributed by atoms with van der Waals surface area (Å²) in [5.74, 6) is -0.735. The van der Waals surface area contributed by atoms with Crippen molar-refractivity contribution in [3.8, 4) is 0 Å². The highest BCUT2D eigenvalue weighted by molar-refractivity contribution is 5.69. The Morgan fingerprint density at radius 3 is 1.70 bits per heavy atom. The number of rotatable bonds is 14. The van der Waals surface area contributed by atoms with Crippen LogP contribution in [0.15, 0.2) is 0 Å². The van der Waals surface area contributed by atoms with E-state index in [9.17, 15) is 55.9 Å². The summed E-state index contributed by atoms with van der Waals surface area (Å²) in [5.41, 5.74) is 0. The van der Waals surface area contributed by atoms with Gasteiger partial charge in [0.2, 0.25) is 6.29 Å². The average Bonchev–Trinajstić information content (AvgIpc) is 2.99. The van der Waals surface area contributed by atoms with E-state index < -0.39 is 118 Å². The number of hydrogen-bond acceptors (Lipinski definition) is 17. The molecule has 17 nitrogen and oxygen atoms in total. The smallest absolute Gasteiger partial charge is 0.308 e. The maximum Gasteiger partial charge on any atom is 0.308 e. The molecule has 3 fully saturated rings. The van der Waals surface area contributed by atoms with Gasteiger partial charge in [-0.3, -0.25) is 4.79 Å². The van der Waals surface area contributed by atoms with E-state index in [1.165, 1.54) is 0 Å². The molecule has 0 unspecified atom stereocenters. The van der Waals surface area contributed by atoms with Gasteiger partial charge in [-0.05, 0) is 6.42 Å². The Morgan fingerprint density at radius 2 is 1.12 bits per heavy atom. The van der Waals surface area contributed by atoms with Gasteiger partial charge in [-0.15, -0.1) is 0 Å². The first-order valence-corrected chi connectivity index (χ1v) is 14.5. The molecule has 3 aliphatic rings. The summed E-state index contributed by atoms with van der Waals surface area (Å²) in [6, 6.07) is 0. The predicted octanol–water partition coefficient (Wildman–Crippen LogP) is -4.66. The first-order chi connectivity index (χ1) is 20.4. The first kappa shape index (κ1) is 36.3. The van der Waals surface area contributed by atoms with Crippen LogP contribution < -0.4 is 0 Å². The fourth-order valence-corrected chi connectivity index (χ4v) is 5.07. The van der Waals surface area contributed by atoms with E-state index in [0.29, 0.717) is 6.42 Å². The molecule has 3 aliphatic heterocycles. The number of ether oxygens (including phenoxy) is 6. The Labute approximate surface area is 248 Å². The van der Waals surface area contributed by atoms with Crippen LogP contribution in [0.2, 0.25) is 0 Å². The number of carbonyl (C=O) groups is 1. The molecular weight excluding hydrogens is 584 g/mol. The molecule has 0 aromatic rings. The zero-order chi connectivity index (χ0) is 31.8. The van der Waals surface area contributed by atoms with Crippen LogP contribution in [0.4, 0.5) is 0 Å². The highest BCUT2D eigenvalue weighted by atomic mass is 16.8. The molecule has 0 aliphatic carbocycles. The van der Waals surface area contributed by atoms with Crippen LogP contribution in [-0.2, 0) is 33.2 Å². The Hall–Kier alpha value is -1.13. The van der Waals surface area contributed by atoms with E-state index in [-0.39, 0.29) is 6.42 Å². The second kappa shape index (κ2) is 17.0. The minimum atomic E-state index is -1.88. The highest BCUT2D eigenvalue weighted by Gasteiger charge is 2.52. The van der Waals surface area contributed by atoms with Crippen molar-refractivity contribution in [2.75, 3.05) is 19.8 Å². The highest BCUT2D eigenvalue weighted by Crippen LogP contribution is 2.31. The zero-order valence-electron chi connectivity index (χ0n) is 23.9. The van der Waals surface area contributed by atoms with Crippen molar-refractivity contribution in [2.45, 2.75) is 138 Å². The Kier molecular flexibility index (Phi) is 14.3. The lowest BCUT2D eigenvalue weighted by Crippen LogP contribution is -2.65. The van der Waals surface area contributed by atoms with E-state index in [2.05, 4.69) is 0 Å². The third-order valence-electron chi connectivity index (χ3n) is 7.79. The minimum absolute atomic E-state index is 0.0129. The van der Waals surface area contributed by atoms with E-state index in [1.54, 1.807) is 0 Å². The van der Waals surface area contributed by atoms with Gasteiger partial charge in [-0.2, -0.15) is 0 Å². The van der Waals surface area contributed by atoms with Crippen LogP contribution in [0.3, 0.4) is 0 Å². The third kappa shape index (κ3) is 8.99. The molecule has 10 N–H and O–H groups in total. The van der Waals surface area contributed by atoms with E-state index in [1.807, 2.05) is 6.92 Å². The number of carbonyl (C=O) groups excluding carboxylic acids is 1. The fraction of sp³-hybridized carbons (Fsp3) is 0.962. The number of aliphatic hydroxyl groups excluding tert-OH is 10. The molecule has 0 radical (unpaired) electrons. The minimum Gasteiger partial charge on any atom is -0.433 e. The molecule has 15 atom stereocenters. The molecule has 0 spiro atoms. The van der Waals surface area contributed by atoms with Crippen LogP contribution >= 0.6 is 0 Å². The van der Waals surface area contributed by atoms with Crippen molar-refractivity contribution in [3.63, 3.8) is 0 Å². The number of unbranched alkanes of at least 4 members (excludes halogenated alkanes) is 4. The van der Waals surface area contributed by atoms with Crippen molar-refractivity contribution in [1.29, 1.82) is 0 Å². The molecule has 3 rings (SSSR count). The Morgan fingerprint density at radius 1 is 0.605 bits per heavy atom. The summed E-state index contributed by atoms with van der Waals surface area (Å²) in [5, 5.41) is 101. The zero-order valence-corrected chi connectivity index (χ0v) is 23.9. The fourth-order valence-electron chi connectivity index (χ4n) is 5.07. The molecular formula is C26H46O17. The lowest BCUT2D eigenvalue weighted by molar-refractivity contribution is -0.367. The van der Waals surface area contributed by atoms with Crippen LogP contribution in [0.25, 0.3) is 0 Å². The molecule has 0 aromatic carbocycles. The van der Waals surface area contributed by atoms with Gasteiger partial charge in [-0.25, -0.2) is 0 Å². The van der Waals surface area contributed by atoms with E-state index in [0.717, 1.165) is 25.7 Å². The van der Waals surface area contributed by atoms with Crippen molar-refractivity contribution in [2.24, 2.45) is 0 Å². The van der Waals surface area contributed by atoms with Crippen molar-refractivity contribution < 1.29 is 84.3 Å². The maximum absolute atomic E-state index is 12.7. The standard InChI is InChI=1S/C26H46O17/c1-2-3-4-5-6-7-14(29)42-26-23(43-25-22(37)19(34)16(31)12(9-28)40-25)20(35)17(32)13(41-26)10-38-24-21(36)18(33)15(30)11(8-27)39-24/h11-13,15-28,30-37H,2-10H2,1H3/t11-,12-,13-,15-,16-,17-,18+,19+,20+,21-,22-,23-,24-,25+,26+/m1/s1. The number of esters is 1. The second-order valence-corrected chi connectivity index (χ2v) is 11.0. The molecule has 0 aromatic heterocycles. The largest absolute Gasteiger partial charge is 0.433 e. The molecule has 17 heteroatoms. The average molecular weight is 631 g/mol. The van der Waals surface area contributed by atoms with E-state index in [4.69, 9.17) is 28.4 Å². The first-order valence-electron chi connectivity index (χ1n) is 14.5. The van der Waals surface area contributed by atoms with Crippen LogP contribution in [-0.4, -0.2) is 169 Å². The number of aliphatic hydroxyl groups is 10. The summed E-state index contributed by atoms with van der Waals surface area (Å²) >= 11 is 0. The Bertz CT molecular complexity index is 829. The predicted molar refractivity (Wildman–Crippen MR) is 139 cm³/mol. The van der Waals surface area contributed by atoms with Crippen molar-refractivity contribution in [3.05, 3.63) is 0 Å². The summed E-state index contributed by atoms with van der Waals surface area (Å²) < 4.78 is 32.7. The molecule has 3 heterocycles. The summed E-state index contributed by atoms with van der Waals surface area (Å²) in [6.07, 6.45) is -20.9. The van der Waals surface area contributed by atoms with Gasteiger partial charge in [0.05, 0.1) is 19.8 Å². The van der Waals surface area contributed by atoms with Gasteiger partial charge in [0.1, 0.15) is 67.1 Å². The van der Waals surface area contributed by atoms with Gasteiger partial charge in [-0.1, -0.05) is 32.6 Å². The second-order valence-electron chi connectivity index (χ2n) is 11.0. The van der Waals surface area contributed by atoms with Crippen molar-refractivity contribution >= 4 is 5.97 Å². The quantitative estimate of drug-likeness (QED) is 0.0638. The van der Waals surface area contributed by atoms with Crippen LogP contribution in [0.1, 0.15) is 45.4 Å². The topological polar surface area (TPSA) is 275 Å². The molecule has 43 heavy (non-hydrogen) atoms. The molecule has 0 saturated carbocycles. The van der Waals surface area contributed by atoms with Gasteiger partial charge in [0.15, 0.2) is 18.7 Å². The molecule has 252 valence electrons. The van der Waals surface area contributed by atoms with Crippen molar-refractivity contribution in [1.82, 2.24) is 0 Å². The van der Waals surface area contributed by atoms with Gasteiger partial charge in [0.25, 0.3) is 0 Å².